The van der Waals surface area contributed by atoms with Gasteiger partial charge in [0.05, 0.1) is 18.5 Å². The van der Waals surface area contributed by atoms with Gasteiger partial charge in [0.1, 0.15) is 11.7 Å². The molecular formula is C27H28N2O4. The first-order valence-electron chi connectivity index (χ1n) is 11.1. The molecule has 1 atom stereocenters. The first-order valence-corrected chi connectivity index (χ1v) is 11.1. The summed E-state index contributed by atoms with van der Waals surface area (Å²) in [5.41, 5.74) is 5.03. The SMILES string of the molecule is COC(=O)C(Cc1ccc(CCCc2nc(-c3ccccc3)oc2C)cc1)c1cc(C)no1. The molecule has 6 nitrogen and oxygen atoms in total. The first-order chi connectivity index (χ1) is 16.0. The van der Waals surface area contributed by atoms with Crippen LogP contribution >= 0.6 is 0 Å². The zero-order valence-corrected chi connectivity index (χ0v) is 19.2. The molecular weight excluding hydrogens is 416 g/mol. The van der Waals surface area contributed by atoms with Gasteiger partial charge in [-0.25, -0.2) is 4.98 Å². The number of aromatic nitrogens is 2. The number of nitrogens with zero attached hydrogens (tertiary/aromatic N) is 2. The Hall–Kier alpha value is -3.67. The van der Waals surface area contributed by atoms with E-state index in [2.05, 4.69) is 34.4 Å². The molecule has 170 valence electrons. The van der Waals surface area contributed by atoms with E-state index in [-0.39, 0.29) is 5.97 Å². The van der Waals surface area contributed by atoms with E-state index in [1.807, 2.05) is 44.2 Å². The van der Waals surface area contributed by atoms with Gasteiger partial charge in [-0.05, 0) is 62.8 Å². The van der Waals surface area contributed by atoms with Crippen LogP contribution < -0.4 is 0 Å². The highest BCUT2D eigenvalue weighted by Crippen LogP contribution is 2.25. The van der Waals surface area contributed by atoms with E-state index in [0.29, 0.717) is 18.1 Å². The summed E-state index contributed by atoms with van der Waals surface area (Å²) < 4.78 is 16.1. The lowest BCUT2D eigenvalue weighted by atomic mass is 9.95. The molecule has 0 bridgehead atoms. The van der Waals surface area contributed by atoms with Gasteiger partial charge in [0.15, 0.2) is 5.76 Å². The summed E-state index contributed by atoms with van der Waals surface area (Å²) in [7, 11) is 1.39. The smallest absolute Gasteiger partial charge is 0.316 e. The van der Waals surface area contributed by atoms with Crippen LogP contribution in [-0.4, -0.2) is 23.2 Å². The summed E-state index contributed by atoms with van der Waals surface area (Å²) in [6.45, 7) is 3.80. The standard InChI is InChI=1S/C27H28N2O4/c1-18-16-25(33-29-18)23(27(30)31-3)17-21-14-12-20(13-15-21)8-7-11-24-19(2)32-26(28-24)22-9-5-4-6-10-22/h4-6,9-10,12-16,23H,7-8,11,17H2,1-3H3. The molecule has 6 heteroatoms. The van der Waals surface area contributed by atoms with Crippen LogP contribution in [0.4, 0.5) is 0 Å². The highest BCUT2D eigenvalue weighted by Gasteiger charge is 2.26. The molecule has 0 spiro atoms. The maximum absolute atomic E-state index is 12.3. The summed E-state index contributed by atoms with van der Waals surface area (Å²) in [6.07, 6.45) is 3.28. The number of carbonyl (C=O) groups excluding carboxylic acids is 1. The van der Waals surface area contributed by atoms with Crippen LogP contribution in [0, 0.1) is 13.8 Å². The van der Waals surface area contributed by atoms with Crippen molar-refractivity contribution in [2.24, 2.45) is 0 Å². The summed E-state index contributed by atoms with van der Waals surface area (Å²) in [6, 6.07) is 20.1. The molecule has 0 aliphatic carbocycles. The highest BCUT2D eigenvalue weighted by atomic mass is 16.5. The van der Waals surface area contributed by atoms with E-state index < -0.39 is 5.92 Å². The molecule has 2 heterocycles. The third-order valence-corrected chi connectivity index (χ3v) is 5.73. The molecule has 33 heavy (non-hydrogen) atoms. The molecule has 4 rings (SSSR count). The molecule has 0 saturated heterocycles. The fourth-order valence-electron chi connectivity index (χ4n) is 3.89. The quantitative estimate of drug-likeness (QED) is 0.312. The van der Waals surface area contributed by atoms with Crippen molar-refractivity contribution in [1.82, 2.24) is 10.1 Å². The fourth-order valence-corrected chi connectivity index (χ4v) is 3.89. The van der Waals surface area contributed by atoms with Crippen molar-refractivity contribution in [3.63, 3.8) is 0 Å². The Morgan fingerprint density at radius 2 is 1.73 bits per heavy atom. The van der Waals surface area contributed by atoms with Crippen LogP contribution in [0.5, 0.6) is 0 Å². The van der Waals surface area contributed by atoms with Gasteiger partial charge in [-0.15, -0.1) is 0 Å². The lowest BCUT2D eigenvalue weighted by Crippen LogP contribution is -2.16. The van der Waals surface area contributed by atoms with Crippen molar-refractivity contribution >= 4 is 5.97 Å². The molecule has 1 unspecified atom stereocenters. The van der Waals surface area contributed by atoms with E-state index in [1.54, 1.807) is 6.07 Å². The highest BCUT2D eigenvalue weighted by molar-refractivity contribution is 5.77. The zero-order chi connectivity index (χ0) is 23.2. The van der Waals surface area contributed by atoms with E-state index in [9.17, 15) is 4.79 Å². The molecule has 0 amide bonds. The van der Waals surface area contributed by atoms with Gasteiger partial charge in [-0.2, -0.15) is 0 Å². The topological polar surface area (TPSA) is 78.4 Å². The van der Waals surface area contributed by atoms with Crippen LogP contribution in [0.3, 0.4) is 0 Å². The van der Waals surface area contributed by atoms with Crippen molar-refractivity contribution < 1.29 is 18.5 Å². The second-order valence-corrected chi connectivity index (χ2v) is 8.21. The average Bonchev–Trinajstić information content (AvgIpc) is 3.44. The normalized spacial score (nSPS) is 12.0. The number of carbonyl (C=O) groups is 1. The second-order valence-electron chi connectivity index (χ2n) is 8.21. The minimum Gasteiger partial charge on any atom is -0.468 e. The van der Waals surface area contributed by atoms with E-state index in [4.69, 9.17) is 13.7 Å². The first kappa shape index (κ1) is 22.5. The van der Waals surface area contributed by atoms with Gasteiger partial charge in [0.2, 0.25) is 5.89 Å². The van der Waals surface area contributed by atoms with Gasteiger partial charge >= 0.3 is 5.97 Å². The molecule has 0 aliphatic heterocycles. The minimum atomic E-state index is -0.504. The largest absolute Gasteiger partial charge is 0.468 e. The van der Waals surface area contributed by atoms with Crippen LogP contribution in [0.15, 0.2) is 69.6 Å². The summed E-state index contributed by atoms with van der Waals surface area (Å²) >= 11 is 0. The summed E-state index contributed by atoms with van der Waals surface area (Å²) in [4.78, 5) is 17.0. The predicted octanol–water partition coefficient (Wildman–Crippen LogP) is 5.62. The van der Waals surface area contributed by atoms with Gasteiger partial charge in [-0.3, -0.25) is 4.79 Å². The Balaban J connectivity index is 1.34. The van der Waals surface area contributed by atoms with Crippen molar-refractivity contribution in [1.29, 1.82) is 0 Å². The van der Waals surface area contributed by atoms with E-state index >= 15 is 0 Å². The zero-order valence-electron chi connectivity index (χ0n) is 19.2. The molecule has 0 fully saturated rings. The molecule has 0 N–H and O–H groups in total. The minimum absolute atomic E-state index is 0.326. The molecule has 0 saturated carbocycles. The summed E-state index contributed by atoms with van der Waals surface area (Å²) in [5.74, 6) is 1.25. The Kier molecular flexibility index (Phi) is 7.03. The van der Waals surface area contributed by atoms with Crippen molar-refractivity contribution in [2.45, 2.75) is 45.4 Å². The third-order valence-electron chi connectivity index (χ3n) is 5.73. The number of esters is 1. The van der Waals surface area contributed by atoms with Crippen LogP contribution in [-0.2, 0) is 28.8 Å². The van der Waals surface area contributed by atoms with Crippen molar-refractivity contribution in [3.05, 3.63) is 94.7 Å². The number of hydrogen-bond acceptors (Lipinski definition) is 6. The Labute approximate surface area is 193 Å². The Morgan fingerprint density at radius 1 is 1.00 bits per heavy atom. The Morgan fingerprint density at radius 3 is 2.39 bits per heavy atom. The third kappa shape index (κ3) is 5.58. The molecule has 0 radical (unpaired) electrons. The van der Waals surface area contributed by atoms with Crippen LogP contribution in [0.1, 0.15) is 46.4 Å². The predicted molar refractivity (Wildman–Crippen MR) is 125 cm³/mol. The van der Waals surface area contributed by atoms with Crippen LogP contribution in [0.2, 0.25) is 0 Å². The summed E-state index contributed by atoms with van der Waals surface area (Å²) in [5, 5.41) is 3.90. The second kappa shape index (κ2) is 10.3. The number of benzene rings is 2. The van der Waals surface area contributed by atoms with Gasteiger partial charge in [0.25, 0.3) is 0 Å². The Bertz CT molecular complexity index is 1190. The molecule has 2 aromatic carbocycles. The van der Waals surface area contributed by atoms with Crippen molar-refractivity contribution in [3.8, 4) is 11.5 Å². The average molecular weight is 445 g/mol. The molecule has 2 aromatic heterocycles. The van der Waals surface area contributed by atoms with Crippen molar-refractivity contribution in [2.75, 3.05) is 7.11 Å². The number of rotatable bonds is 9. The van der Waals surface area contributed by atoms with E-state index in [0.717, 1.165) is 47.5 Å². The van der Waals surface area contributed by atoms with Gasteiger partial charge in [-0.1, -0.05) is 47.6 Å². The fraction of sp³-hybridized carbons (Fsp3) is 0.296. The number of oxazole rings is 1. The maximum Gasteiger partial charge on any atom is 0.316 e. The van der Waals surface area contributed by atoms with E-state index in [1.165, 1.54) is 12.7 Å². The van der Waals surface area contributed by atoms with Crippen LogP contribution in [0.25, 0.3) is 11.5 Å². The molecule has 0 aliphatic rings. The number of aryl methyl sites for hydroxylation is 4. The van der Waals surface area contributed by atoms with Gasteiger partial charge < -0.3 is 13.7 Å². The maximum atomic E-state index is 12.3. The van der Waals surface area contributed by atoms with Gasteiger partial charge in [0, 0.05) is 11.6 Å². The molecule has 4 aromatic rings. The number of methoxy groups -OCH3 is 1. The number of ether oxygens (including phenoxy) is 1. The lowest BCUT2D eigenvalue weighted by molar-refractivity contribution is -0.142. The lowest BCUT2D eigenvalue weighted by Gasteiger charge is -2.12. The number of hydrogen-bond donors (Lipinski definition) is 0. The monoisotopic (exact) mass is 444 g/mol.